The maximum Gasteiger partial charge on any atom is 0.231 e. The Morgan fingerprint density at radius 3 is 2.59 bits per heavy atom. The van der Waals surface area contributed by atoms with E-state index >= 15 is 0 Å². The van der Waals surface area contributed by atoms with E-state index in [0.717, 1.165) is 42.7 Å². The van der Waals surface area contributed by atoms with Gasteiger partial charge in [-0.2, -0.15) is 0 Å². The summed E-state index contributed by atoms with van der Waals surface area (Å²) in [5.74, 6) is 2.39. The first-order chi connectivity index (χ1) is 13.2. The zero-order chi connectivity index (χ0) is 19.1. The topological polar surface area (TPSA) is 58.1 Å². The van der Waals surface area contributed by atoms with Crippen molar-refractivity contribution in [2.75, 3.05) is 27.4 Å². The third-order valence-electron chi connectivity index (χ3n) is 4.25. The van der Waals surface area contributed by atoms with Crippen molar-refractivity contribution in [2.45, 2.75) is 26.6 Å². The molecule has 6 nitrogen and oxygen atoms in total. The number of fused-ring (bicyclic) bond motifs is 1. The molecule has 0 atom stereocenters. The lowest BCUT2D eigenvalue weighted by atomic mass is 10.1. The summed E-state index contributed by atoms with van der Waals surface area (Å²) < 4.78 is 10.8. The molecule has 0 radical (unpaired) electrons. The van der Waals surface area contributed by atoms with Gasteiger partial charge < -0.3 is 25.0 Å². The van der Waals surface area contributed by atoms with Crippen molar-refractivity contribution in [1.29, 1.82) is 0 Å². The summed E-state index contributed by atoms with van der Waals surface area (Å²) in [6.45, 7) is 5.40. The zero-order valence-corrected chi connectivity index (χ0v) is 16.3. The number of nitrogens with one attached hydrogen (secondary N) is 2. The van der Waals surface area contributed by atoms with Crippen LogP contribution >= 0.6 is 0 Å². The number of guanidine groups is 1. The van der Waals surface area contributed by atoms with Crippen molar-refractivity contribution in [1.82, 2.24) is 15.5 Å². The maximum absolute atomic E-state index is 5.44. The minimum absolute atomic E-state index is 0.290. The molecule has 0 spiro atoms. The van der Waals surface area contributed by atoms with Crippen LogP contribution < -0.4 is 20.1 Å². The van der Waals surface area contributed by atoms with Crippen LogP contribution in [0.2, 0.25) is 0 Å². The van der Waals surface area contributed by atoms with Crippen LogP contribution in [0.3, 0.4) is 0 Å². The largest absolute Gasteiger partial charge is 0.454 e. The Kier molecular flexibility index (Phi) is 6.54. The molecule has 1 aliphatic rings. The standard InChI is InChI=1S/C21H28N4O2/c1-4-22-21(23-12-16-9-10-19-20(11-16)27-15-26-19)24-13-17-7-5-6-8-18(17)14-25(2)3/h5-11H,4,12-15H2,1-3H3,(H2,22,23,24). The first-order valence-electron chi connectivity index (χ1n) is 9.28. The highest BCUT2D eigenvalue weighted by Crippen LogP contribution is 2.32. The fourth-order valence-electron chi connectivity index (χ4n) is 2.96. The van der Waals surface area contributed by atoms with Crippen LogP contribution in [0.25, 0.3) is 0 Å². The number of ether oxygens (including phenoxy) is 2. The lowest BCUT2D eigenvalue weighted by molar-refractivity contribution is 0.174. The molecule has 0 aromatic heterocycles. The number of nitrogens with zero attached hydrogens (tertiary/aromatic N) is 2. The van der Waals surface area contributed by atoms with E-state index in [4.69, 9.17) is 14.5 Å². The lowest BCUT2D eigenvalue weighted by Crippen LogP contribution is -2.37. The first-order valence-corrected chi connectivity index (χ1v) is 9.28. The van der Waals surface area contributed by atoms with E-state index in [1.54, 1.807) is 0 Å². The SMILES string of the molecule is CCNC(=NCc1ccc2c(c1)OCO2)NCc1ccccc1CN(C)C. The van der Waals surface area contributed by atoms with Crippen molar-refractivity contribution in [2.24, 2.45) is 4.99 Å². The summed E-state index contributed by atoms with van der Waals surface area (Å²) in [6, 6.07) is 14.4. The van der Waals surface area contributed by atoms with E-state index in [1.165, 1.54) is 11.1 Å². The Bertz CT molecular complexity index is 790. The van der Waals surface area contributed by atoms with Gasteiger partial charge in [-0.1, -0.05) is 30.3 Å². The van der Waals surface area contributed by atoms with Gasteiger partial charge in [0.15, 0.2) is 17.5 Å². The van der Waals surface area contributed by atoms with Crippen molar-refractivity contribution in [3.05, 3.63) is 59.2 Å². The summed E-state index contributed by atoms with van der Waals surface area (Å²) in [6.07, 6.45) is 0. The molecule has 144 valence electrons. The molecule has 0 bridgehead atoms. The zero-order valence-electron chi connectivity index (χ0n) is 16.3. The predicted octanol–water partition coefficient (Wildman–Crippen LogP) is 2.73. The molecule has 0 aliphatic carbocycles. The van der Waals surface area contributed by atoms with Gasteiger partial charge in [0.1, 0.15) is 0 Å². The molecule has 0 fully saturated rings. The normalized spacial score (nSPS) is 13.1. The summed E-state index contributed by atoms with van der Waals surface area (Å²) in [5, 5.41) is 6.75. The molecule has 3 rings (SSSR count). The second-order valence-corrected chi connectivity index (χ2v) is 6.74. The van der Waals surface area contributed by atoms with Gasteiger partial charge in [0.25, 0.3) is 0 Å². The Hall–Kier alpha value is -2.73. The number of rotatable bonds is 7. The average Bonchev–Trinajstić information content (AvgIpc) is 3.12. The number of hydrogen-bond acceptors (Lipinski definition) is 4. The number of benzene rings is 2. The Morgan fingerprint density at radius 2 is 1.81 bits per heavy atom. The summed E-state index contributed by atoms with van der Waals surface area (Å²) in [5.41, 5.74) is 3.69. The highest BCUT2D eigenvalue weighted by Gasteiger charge is 2.13. The van der Waals surface area contributed by atoms with Gasteiger partial charge in [0.05, 0.1) is 6.54 Å². The molecular formula is C21H28N4O2. The second-order valence-electron chi connectivity index (χ2n) is 6.74. The Morgan fingerprint density at radius 1 is 1.04 bits per heavy atom. The molecule has 2 N–H and O–H groups in total. The predicted molar refractivity (Wildman–Crippen MR) is 108 cm³/mol. The van der Waals surface area contributed by atoms with Crippen LogP contribution in [-0.4, -0.2) is 38.3 Å². The van der Waals surface area contributed by atoms with Crippen LogP contribution in [0.4, 0.5) is 0 Å². The second kappa shape index (κ2) is 9.28. The molecule has 6 heteroatoms. The van der Waals surface area contributed by atoms with Gasteiger partial charge in [-0.25, -0.2) is 4.99 Å². The first kappa shape index (κ1) is 19.0. The molecule has 2 aromatic rings. The van der Waals surface area contributed by atoms with Gasteiger partial charge in [-0.15, -0.1) is 0 Å². The van der Waals surface area contributed by atoms with Gasteiger partial charge in [-0.05, 0) is 49.8 Å². The molecule has 1 aliphatic heterocycles. The monoisotopic (exact) mass is 368 g/mol. The van der Waals surface area contributed by atoms with E-state index < -0.39 is 0 Å². The third-order valence-corrected chi connectivity index (χ3v) is 4.25. The molecule has 0 unspecified atom stereocenters. The van der Waals surface area contributed by atoms with Crippen LogP contribution in [0.15, 0.2) is 47.5 Å². The lowest BCUT2D eigenvalue weighted by Gasteiger charge is -2.16. The summed E-state index contributed by atoms with van der Waals surface area (Å²) in [7, 11) is 4.17. The fraction of sp³-hybridized carbons (Fsp3) is 0.381. The minimum atomic E-state index is 0.290. The van der Waals surface area contributed by atoms with E-state index in [-0.39, 0.29) is 0 Å². The summed E-state index contributed by atoms with van der Waals surface area (Å²) >= 11 is 0. The fourth-order valence-corrected chi connectivity index (χ4v) is 2.96. The molecule has 1 heterocycles. The number of hydrogen-bond donors (Lipinski definition) is 2. The molecule has 0 saturated heterocycles. The van der Waals surface area contributed by atoms with E-state index in [2.05, 4.69) is 60.8 Å². The van der Waals surface area contributed by atoms with E-state index in [1.807, 2.05) is 18.2 Å². The quantitative estimate of drug-likeness (QED) is 0.581. The molecule has 0 amide bonds. The third kappa shape index (κ3) is 5.37. The molecule has 0 saturated carbocycles. The Balaban J connectivity index is 1.64. The highest BCUT2D eigenvalue weighted by molar-refractivity contribution is 5.79. The average molecular weight is 368 g/mol. The minimum Gasteiger partial charge on any atom is -0.454 e. The Labute approximate surface area is 161 Å². The maximum atomic E-state index is 5.44. The van der Waals surface area contributed by atoms with Crippen molar-refractivity contribution >= 4 is 5.96 Å². The molecule has 27 heavy (non-hydrogen) atoms. The van der Waals surface area contributed by atoms with Gasteiger partial charge in [0.2, 0.25) is 6.79 Å². The van der Waals surface area contributed by atoms with Gasteiger partial charge >= 0.3 is 0 Å². The highest BCUT2D eigenvalue weighted by atomic mass is 16.7. The van der Waals surface area contributed by atoms with Crippen LogP contribution in [-0.2, 0) is 19.6 Å². The van der Waals surface area contributed by atoms with Crippen LogP contribution in [0, 0.1) is 0 Å². The smallest absolute Gasteiger partial charge is 0.231 e. The number of aliphatic imine (C=N–C) groups is 1. The van der Waals surface area contributed by atoms with Crippen LogP contribution in [0.1, 0.15) is 23.6 Å². The van der Waals surface area contributed by atoms with E-state index in [0.29, 0.717) is 13.3 Å². The molecular weight excluding hydrogens is 340 g/mol. The van der Waals surface area contributed by atoms with Crippen molar-refractivity contribution in [3.8, 4) is 11.5 Å². The van der Waals surface area contributed by atoms with Gasteiger partial charge in [-0.3, -0.25) is 0 Å². The van der Waals surface area contributed by atoms with Gasteiger partial charge in [0, 0.05) is 19.6 Å². The summed E-state index contributed by atoms with van der Waals surface area (Å²) in [4.78, 5) is 6.88. The molecule has 2 aromatic carbocycles. The van der Waals surface area contributed by atoms with Crippen LogP contribution in [0.5, 0.6) is 11.5 Å². The van der Waals surface area contributed by atoms with Crippen molar-refractivity contribution < 1.29 is 9.47 Å². The van der Waals surface area contributed by atoms with Crippen molar-refractivity contribution in [3.63, 3.8) is 0 Å². The van der Waals surface area contributed by atoms with E-state index in [9.17, 15) is 0 Å².